The van der Waals surface area contributed by atoms with Gasteiger partial charge in [-0.15, -0.1) is 0 Å². The highest BCUT2D eigenvalue weighted by atomic mass is 16.5. The topological polar surface area (TPSA) is 34.2 Å². The first-order valence-corrected chi connectivity index (χ1v) is 6.41. The second-order valence-electron chi connectivity index (χ2n) is 4.48. The number of nitrogens with one attached hydrogen (secondary N) is 1. The second kappa shape index (κ2) is 8.20. The van der Waals surface area contributed by atoms with Crippen molar-refractivity contribution in [3.05, 3.63) is 30.1 Å². The third-order valence-corrected chi connectivity index (χ3v) is 3.00. The Bertz CT molecular complexity index is 290. The minimum absolute atomic E-state index is 0.374. The third-order valence-electron chi connectivity index (χ3n) is 3.00. The van der Waals surface area contributed by atoms with E-state index in [1.807, 2.05) is 18.5 Å². The summed E-state index contributed by atoms with van der Waals surface area (Å²) in [6, 6.07) is 4.52. The van der Waals surface area contributed by atoms with E-state index in [-0.39, 0.29) is 0 Å². The molecule has 1 heterocycles. The van der Waals surface area contributed by atoms with Crippen LogP contribution in [0.2, 0.25) is 0 Å². The molecular weight excluding hydrogens is 212 g/mol. The molecule has 0 saturated heterocycles. The van der Waals surface area contributed by atoms with Gasteiger partial charge in [-0.2, -0.15) is 0 Å². The molecule has 1 aromatic heterocycles. The van der Waals surface area contributed by atoms with E-state index in [0.29, 0.717) is 12.0 Å². The van der Waals surface area contributed by atoms with Gasteiger partial charge in [-0.05, 0) is 36.9 Å². The lowest BCUT2D eigenvalue weighted by Crippen LogP contribution is -2.28. The fourth-order valence-corrected chi connectivity index (χ4v) is 1.98. The quantitative estimate of drug-likeness (QED) is 0.753. The molecule has 0 saturated carbocycles. The summed E-state index contributed by atoms with van der Waals surface area (Å²) in [5.74, 6) is 0.547. The first-order chi connectivity index (χ1) is 8.29. The number of hydrogen-bond donors (Lipinski definition) is 1. The number of pyridine rings is 1. The van der Waals surface area contributed by atoms with Crippen LogP contribution in [0.4, 0.5) is 0 Å². The van der Waals surface area contributed by atoms with E-state index >= 15 is 0 Å². The summed E-state index contributed by atoms with van der Waals surface area (Å²) in [6.45, 7) is 6.30. The summed E-state index contributed by atoms with van der Waals surface area (Å²) < 4.78 is 5.16. The van der Waals surface area contributed by atoms with Crippen molar-refractivity contribution in [2.45, 2.75) is 32.7 Å². The smallest absolute Gasteiger partial charge is 0.0465 e. The van der Waals surface area contributed by atoms with Crippen molar-refractivity contribution in [1.29, 1.82) is 0 Å². The Balaban J connectivity index is 2.66. The molecule has 0 fully saturated rings. The number of methoxy groups -OCH3 is 1. The average Bonchev–Trinajstić information content (AvgIpc) is 2.38. The lowest BCUT2D eigenvalue weighted by atomic mass is 9.93. The predicted molar refractivity (Wildman–Crippen MR) is 70.9 cm³/mol. The fourth-order valence-electron chi connectivity index (χ4n) is 1.98. The normalized spacial score (nSPS) is 14.5. The van der Waals surface area contributed by atoms with Crippen LogP contribution in [0.3, 0.4) is 0 Å². The second-order valence-corrected chi connectivity index (χ2v) is 4.48. The van der Waals surface area contributed by atoms with E-state index in [1.54, 1.807) is 7.11 Å². The van der Waals surface area contributed by atoms with Crippen molar-refractivity contribution in [2.75, 3.05) is 20.3 Å². The van der Waals surface area contributed by atoms with Crippen LogP contribution in [0.1, 0.15) is 38.3 Å². The largest absolute Gasteiger partial charge is 0.385 e. The monoisotopic (exact) mass is 236 g/mol. The first kappa shape index (κ1) is 14.1. The van der Waals surface area contributed by atoms with Crippen LogP contribution in [0, 0.1) is 5.92 Å². The molecule has 2 atom stereocenters. The summed E-state index contributed by atoms with van der Waals surface area (Å²) in [7, 11) is 1.76. The zero-order chi connectivity index (χ0) is 12.5. The average molecular weight is 236 g/mol. The van der Waals surface area contributed by atoms with Gasteiger partial charge in [0.2, 0.25) is 0 Å². The SMILES string of the molecule is CCCNC(c1cccnc1)C(C)CCOC. The van der Waals surface area contributed by atoms with Gasteiger partial charge in [0, 0.05) is 32.2 Å². The van der Waals surface area contributed by atoms with E-state index in [9.17, 15) is 0 Å². The highest BCUT2D eigenvalue weighted by molar-refractivity contribution is 5.14. The van der Waals surface area contributed by atoms with Gasteiger partial charge in [0.25, 0.3) is 0 Å². The lowest BCUT2D eigenvalue weighted by molar-refractivity contribution is 0.170. The zero-order valence-corrected chi connectivity index (χ0v) is 11.1. The summed E-state index contributed by atoms with van der Waals surface area (Å²) in [5.41, 5.74) is 1.27. The van der Waals surface area contributed by atoms with E-state index in [0.717, 1.165) is 26.0 Å². The predicted octanol–water partition coefficient (Wildman–Crippen LogP) is 2.79. The van der Waals surface area contributed by atoms with Crippen molar-refractivity contribution in [2.24, 2.45) is 5.92 Å². The van der Waals surface area contributed by atoms with Gasteiger partial charge in [0.1, 0.15) is 0 Å². The molecule has 2 unspecified atom stereocenters. The van der Waals surface area contributed by atoms with Crippen molar-refractivity contribution in [1.82, 2.24) is 10.3 Å². The van der Waals surface area contributed by atoms with Crippen molar-refractivity contribution in [3.8, 4) is 0 Å². The molecule has 0 aliphatic heterocycles. The molecule has 1 N–H and O–H groups in total. The summed E-state index contributed by atoms with van der Waals surface area (Å²) in [6.07, 6.45) is 5.98. The molecule has 0 amide bonds. The summed E-state index contributed by atoms with van der Waals surface area (Å²) >= 11 is 0. The number of ether oxygens (including phenoxy) is 1. The van der Waals surface area contributed by atoms with E-state index in [2.05, 4.69) is 30.2 Å². The number of hydrogen-bond acceptors (Lipinski definition) is 3. The van der Waals surface area contributed by atoms with Crippen LogP contribution in [0.15, 0.2) is 24.5 Å². The minimum atomic E-state index is 0.374. The van der Waals surface area contributed by atoms with Gasteiger partial charge in [0.15, 0.2) is 0 Å². The Hall–Kier alpha value is -0.930. The van der Waals surface area contributed by atoms with Crippen LogP contribution >= 0.6 is 0 Å². The summed E-state index contributed by atoms with van der Waals surface area (Å²) in [4.78, 5) is 4.21. The molecule has 1 aromatic rings. The summed E-state index contributed by atoms with van der Waals surface area (Å²) in [5, 5.41) is 3.60. The minimum Gasteiger partial charge on any atom is -0.385 e. The molecule has 96 valence electrons. The van der Waals surface area contributed by atoms with E-state index < -0.39 is 0 Å². The van der Waals surface area contributed by atoms with E-state index in [4.69, 9.17) is 4.74 Å². The van der Waals surface area contributed by atoms with Crippen molar-refractivity contribution < 1.29 is 4.74 Å². The Labute approximate surface area is 105 Å². The number of aromatic nitrogens is 1. The molecule has 0 aromatic carbocycles. The maximum Gasteiger partial charge on any atom is 0.0465 e. The molecular formula is C14H24N2O. The Morgan fingerprint density at radius 2 is 2.29 bits per heavy atom. The zero-order valence-electron chi connectivity index (χ0n) is 11.1. The molecule has 0 aliphatic rings. The highest BCUT2D eigenvalue weighted by Crippen LogP contribution is 2.23. The van der Waals surface area contributed by atoms with Crippen LogP contribution in [0.25, 0.3) is 0 Å². The van der Waals surface area contributed by atoms with Gasteiger partial charge in [-0.3, -0.25) is 4.98 Å². The Morgan fingerprint density at radius 1 is 1.47 bits per heavy atom. The Kier molecular flexibility index (Phi) is 6.82. The molecule has 0 bridgehead atoms. The van der Waals surface area contributed by atoms with Crippen LogP contribution in [-0.4, -0.2) is 25.2 Å². The van der Waals surface area contributed by atoms with Gasteiger partial charge in [-0.25, -0.2) is 0 Å². The molecule has 3 heteroatoms. The van der Waals surface area contributed by atoms with Gasteiger partial charge >= 0.3 is 0 Å². The highest BCUT2D eigenvalue weighted by Gasteiger charge is 2.18. The van der Waals surface area contributed by atoms with Crippen molar-refractivity contribution in [3.63, 3.8) is 0 Å². The molecule has 0 radical (unpaired) electrons. The fraction of sp³-hybridized carbons (Fsp3) is 0.643. The third kappa shape index (κ3) is 4.84. The maximum atomic E-state index is 5.16. The molecule has 3 nitrogen and oxygen atoms in total. The van der Waals surface area contributed by atoms with Crippen molar-refractivity contribution >= 4 is 0 Å². The number of rotatable bonds is 8. The van der Waals surface area contributed by atoms with Gasteiger partial charge < -0.3 is 10.1 Å². The maximum absolute atomic E-state index is 5.16. The van der Waals surface area contributed by atoms with E-state index in [1.165, 1.54) is 5.56 Å². The molecule has 0 aliphatic carbocycles. The van der Waals surface area contributed by atoms with Crippen LogP contribution in [0.5, 0.6) is 0 Å². The van der Waals surface area contributed by atoms with Crippen LogP contribution in [-0.2, 0) is 4.74 Å². The van der Waals surface area contributed by atoms with Gasteiger partial charge in [-0.1, -0.05) is 19.9 Å². The lowest BCUT2D eigenvalue weighted by Gasteiger charge is -2.25. The Morgan fingerprint density at radius 3 is 2.88 bits per heavy atom. The standard InChI is InChI=1S/C14H24N2O/c1-4-8-16-14(12(2)7-10-17-3)13-6-5-9-15-11-13/h5-6,9,11-12,14,16H,4,7-8,10H2,1-3H3. The van der Waals surface area contributed by atoms with Crippen LogP contribution < -0.4 is 5.32 Å². The van der Waals surface area contributed by atoms with Gasteiger partial charge in [0.05, 0.1) is 0 Å². The first-order valence-electron chi connectivity index (χ1n) is 6.41. The molecule has 17 heavy (non-hydrogen) atoms. The molecule has 0 spiro atoms. The number of nitrogens with zero attached hydrogens (tertiary/aromatic N) is 1. The molecule has 1 rings (SSSR count).